The monoisotopic (exact) mass is 351 g/mol. The van der Waals surface area contributed by atoms with E-state index in [1.807, 2.05) is 12.1 Å². The first kappa shape index (κ1) is 18.0. The Morgan fingerprint density at radius 1 is 1.08 bits per heavy atom. The van der Waals surface area contributed by atoms with Gasteiger partial charge in [0, 0.05) is 12.6 Å². The van der Waals surface area contributed by atoms with E-state index in [0.29, 0.717) is 5.41 Å². The van der Waals surface area contributed by atoms with Gasteiger partial charge >= 0.3 is 0 Å². The maximum absolute atomic E-state index is 10.1. The second-order valence-electron chi connectivity index (χ2n) is 8.24. The third-order valence-corrected chi connectivity index (χ3v) is 6.72. The van der Waals surface area contributed by atoms with Gasteiger partial charge in [-0.1, -0.05) is 12.1 Å². The highest BCUT2D eigenvalue weighted by Crippen LogP contribution is 2.61. The predicted octanol–water partition coefficient (Wildman–Crippen LogP) is 3.78. The van der Waals surface area contributed by atoms with Crippen LogP contribution in [0.15, 0.2) is 24.3 Å². The number of aliphatic hydroxyl groups is 1. The SMILES string of the molecule is COc1ccc(CNC(CO)C23CC4CC(CC(C4)C2)C3)cc1.Cl. The maximum Gasteiger partial charge on any atom is 0.118 e. The van der Waals surface area contributed by atoms with E-state index in [1.54, 1.807) is 7.11 Å². The molecule has 4 bridgehead atoms. The smallest absolute Gasteiger partial charge is 0.118 e. The normalized spacial score (nSPS) is 34.7. The highest BCUT2D eigenvalue weighted by molar-refractivity contribution is 5.85. The molecule has 0 aromatic heterocycles. The summed E-state index contributed by atoms with van der Waals surface area (Å²) in [7, 11) is 1.70. The minimum absolute atomic E-state index is 0. The summed E-state index contributed by atoms with van der Waals surface area (Å²) in [6.07, 6.45) is 8.36. The van der Waals surface area contributed by atoms with E-state index in [2.05, 4.69) is 17.4 Å². The number of rotatable bonds is 6. The molecule has 134 valence electrons. The van der Waals surface area contributed by atoms with E-state index in [-0.39, 0.29) is 25.1 Å². The zero-order valence-corrected chi connectivity index (χ0v) is 15.4. The molecule has 1 unspecified atom stereocenters. The van der Waals surface area contributed by atoms with E-state index < -0.39 is 0 Å². The highest BCUT2D eigenvalue weighted by Gasteiger charge is 2.53. The summed E-state index contributed by atoms with van der Waals surface area (Å²) >= 11 is 0. The second-order valence-corrected chi connectivity index (χ2v) is 8.24. The van der Waals surface area contributed by atoms with Gasteiger partial charge < -0.3 is 15.2 Å². The number of hydrogen-bond donors (Lipinski definition) is 2. The van der Waals surface area contributed by atoms with Crippen molar-refractivity contribution in [2.45, 2.75) is 51.1 Å². The number of nitrogens with one attached hydrogen (secondary N) is 1. The number of ether oxygens (including phenoxy) is 1. The molecule has 0 heterocycles. The zero-order valence-electron chi connectivity index (χ0n) is 14.5. The van der Waals surface area contributed by atoms with Crippen LogP contribution < -0.4 is 10.1 Å². The fourth-order valence-electron chi connectivity index (χ4n) is 6.06. The van der Waals surface area contributed by atoms with E-state index in [4.69, 9.17) is 4.74 Å². The van der Waals surface area contributed by atoms with Crippen LogP contribution in [0.5, 0.6) is 5.75 Å². The van der Waals surface area contributed by atoms with Crippen LogP contribution in [0, 0.1) is 23.2 Å². The molecule has 4 aliphatic carbocycles. The Morgan fingerprint density at radius 3 is 2.08 bits per heavy atom. The molecule has 1 aromatic carbocycles. The second kappa shape index (κ2) is 7.23. The number of hydrogen-bond acceptors (Lipinski definition) is 3. The molecule has 1 aromatic rings. The first-order valence-electron chi connectivity index (χ1n) is 9.18. The zero-order chi connectivity index (χ0) is 15.9. The molecule has 1 atom stereocenters. The van der Waals surface area contributed by atoms with Crippen LogP contribution in [0.1, 0.15) is 44.1 Å². The van der Waals surface area contributed by atoms with Crippen molar-refractivity contribution in [3.63, 3.8) is 0 Å². The molecule has 3 nitrogen and oxygen atoms in total. The lowest BCUT2D eigenvalue weighted by Crippen LogP contribution is -2.57. The summed E-state index contributed by atoms with van der Waals surface area (Å²) in [6, 6.07) is 8.49. The molecule has 2 N–H and O–H groups in total. The Balaban J connectivity index is 0.00000169. The van der Waals surface area contributed by atoms with Crippen molar-refractivity contribution in [2.24, 2.45) is 23.2 Å². The van der Waals surface area contributed by atoms with E-state index in [9.17, 15) is 5.11 Å². The van der Waals surface area contributed by atoms with Crippen molar-refractivity contribution < 1.29 is 9.84 Å². The first-order valence-corrected chi connectivity index (χ1v) is 9.18. The molecule has 4 aliphatic rings. The summed E-state index contributed by atoms with van der Waals surface area (Å²) < 4.78 is 5.22. The molecule has 4 fully saturated rings. The highest BCUT2D eigenvalue weighted by atomic mass is 35.5. The molecular formula is C20H30ClNO2. The summed E-state index contributed by atoms with van der Waals surface area (Å²) in [4.78, 5) is 0. The lowest BCUT2D eigenvalue weighted by molar-refractivity contribution is -0.0828. The molecular weight excluding hydrogens is 322 g/mol. The summed E-state index contributed by atoms with van der Waals surface area (Å²) in [5.41, 5.74) is 1.62. The number of aliphatic hydroxyl groups excluding tert-OH is 1. The van der Waals surface area contributed by atoms with Gasteiger partial charge in [0.05, 0.1) is 13.7 Å². The molecule has 4 heteroatoms. The van der Waals surface area contributed by atoms with Crippen LogP contribution in [0.2, 0.25) is 0 Å². The van der Waals surface area contributed by atoms with Crippen molar-refractivity contribution in [1.82, 2.24) is 5.32 Å². The summed E-state index contributed by atoms with van der Waals surface area (Å²) in [5, 5.41) is 13.8. The summed E-state index contributed by atoms with van der Waals surface area (Å²) in [6.45, 7) is 1.10. The van der Waals surface area contributed by atoms with Gasteiger partial charge in [0.2, 0.25) is 0 Å². The van der Waals surface area contributed by atoms with Gasteiger partial charge in [-0.2, -0.15) is 0 Å². The van der Waals surface area contributed by atoms with Gasteiger partial charge in [0.25, 0.3) is 0 Å². The van der Waals surface area contributed by atoms with Crippen LogP contribution >= 0.6 is 12.4 Å². The van der Waals surface area contributed by atoms with E-state index in [1.165, 1.54) is 44.1 Å². The van der Waals surface area contributed by atoms with Gasteiger partial charge in [-0.05, 0) is 79.4 Å². The van der Waals surface area contributed by atoms with Gasteiger partial charge in [-0.15, -0.1) is 12.4 Å². The Labute approximate surface area is 151 Å². The van der Waals surface area contributed by atoms with Crippen molar-refractivity contribution in [2.75, 3.05) is 13.7 Å². The van der Waals surface area contributed by atoms with Crippen molar-refractivity contribution in [1.29, 1.82) is 0 Å². The van der Waals surface area contributed by atoms with Crippen molar-refractivity contribution in [3.05, 3.63) is 29.8 Å². The van der Waals surface area contributed by atoms with Crippen LogP contribution in [0.3, 0.4) is 0 Å². The number of methoxy groups -OCH3 is 1. The van der Waals surface area contributed by atoms with Crippen LogP contribution in [0.4, 0.5) is 0 Å². The molecule has 0 radical (unpaired) electrons. The molecule has 4 saturated carbocycles. The lowest BCUT2D eigenvalue weighted by atomic mass is 9.47. The molecule has 0 saturated heterocycles. The largest absolute Gasteiger partial charge is 0.497 e. The van der Waals surface area contributed by atoms with Gasteiger partial charge in [-0.25, -0.2) is 0 Å². The van der Waals surface area contributed by atoms with Crippen molar-refractivity contribution in [3.8, 4) is 5.75 Å². The minimum Gasteiger partial charge on any atom is -0.497 e. The third-order valence-electron chi connectivity index (χ3n) is 6.72. The van der Waals surface area contributed by atoms with Crippen LogP contribution in [-0.2, 0) is 6.54 Å². The van der Waals surface area contributed by atoms with Crippen LogP contribution in [-0.4, -0.2) is 24.9 Å². The third kappa shape index (κ3) is 3.31. The first-order chi connectivity index (χ1) is 11.2. The average molecular weight is 352 g/mol. The van der Waals surface area contributed by atoms with Gasteiger partial charge in [-0.3, -0.25) is 0 Å². The molecule has 0 aliphatic heterocycles. The maximum atomic E-state index is 10.1. The molecule has 5 rings (SSSR count). The quantitative estimate of drug-likeness (QED) is 0.819. The lowest BCUT2D eigenvalue weighted by Gasteiger charge is -2.59. The Morgan fingerprint density at radius 2 is 1.62 bits per heavy atom. The summed E-state index contributed by atoms with van der Waals surface area (Å²) in [5.74, 6) is 3.68. The van der Waals surface area contributed by atoms with Crippen molar-refractivity contribution >= 4 is 12.4 Å². The molecule has 0 spiro atoms. The predicted molar refractivity (Wildman–Crippen MR) is 98.6 cm³/mol. The topological polar surface area (TPSA) is 41.5 Å². The Kier molecular flexibility index (Phi) is 5.43. The molecule has 24 heavy (non-hydrogen) atoms. The number of halogens is 1. The fourth-order valence-corrected chi connectivity index (χ4v) is 6.06. The Hall–Kier alpha value is -0.770. The number of benzene rings is 1. The average Bonchev–Trinajstić information content (AvgIpc) is 2.54. The van der Waals surface area contributed by atoms with Crippen LogP contribution in [0.25, 0.3) is 0 Å². The van der Waals surface area contributed by atoms with E-state index in [0.717, 1.165) is 30.0 Å². The fraction of sp³-hybridized carbons (Fsp3) is 0.700. The molecule has 0 amide bonds. The van der Waals surface area contributed by atoms with Gasteiger partial charge in [0.15, 0.2) is 0 Å². The van der Waals surface area contributed by atoms with E-state index >= 15 is 0 Å². The van der Waals surface area contributed by atoms with Gasteiger partial charge in [0.1, 0.15) is 5.75 Å². The standard InChI is InChI=1S/C20H29NO2.ClH/c1-23-18-4-2-14(3-5-18)12-21-19(13-22)20-9-15-6-16(10-20)8-17(7-15)11-20;/h2-5,15-17,19,21-22H,6-13H2,1H3;1H. The Bertz CT molecular complexity index is 510. The minimum atomic E-state index is 0.